The molecule has 3 rings (SSSR count). The molecule has 0 aromatic heterocycles. The number of piperazine rings is 1. The van der Waals surface area contributed by atoms with Crippen molar-refractivity contribution in [3.05, 3.63) is 63.9 Å². The van der Waals surface area contributed by atoms with Gasteiger partial charge in [-0.25, -0.2) is 4.39 Å². The van der Waals surface area contributed by atoms with E-state index < -0.39 is 0 Å². The maximum atomic E-state index is 13.8. The van der Waals surface area contributed by atoms with E-state index in [1.54, 1.807) is 41.3 Å². The average molecular weight is 367 g/mol. The fourth-order valence-corrected chi connectivity index (χ4v) is 3.43. The highest BCUT2D eigenvalue weighted by Crippen LogP contribution is 2.31. The van der Waals surface area contributed by atoms with Gasteiger partial charge in [0.25, 0.3) is 0 Å². The highest BCUT2D eigenvalue weighted by Gasteiger charge is 2.33. The van der Waals surface area contributed by atoms with Gasteiger partial charge in [0.2, 0.25) is 5.91 Å². The zero-order chi connectivity index (χ0) is 17.3. The van der Waals surface area contributed by atoms with Gasteiger partial charge in [0, 0.05) is 30.2 Å². The summed E-state index contributed by atoms with van der Waals surface area (Å²) in [5, 5.41) is 0.980. The molecule has 0 N–H and O–H groups in total. The molecule has 1 fully saturated rings. The van der Waals surface area contributed by atoms with E-state index in [1.165, 1.54) is 6.07 Å². The van der Waals surface area contributed by atoms with Gasteiger partial charge in [-0.3, -0.25) is 9.69 Å². The maximum Gasteiger partial charge on any atom is 0.244 e. The lowest BCUT2D eigenvalue weighted by Gasteiger charge is -2.39. The van der Waals surface area contributed by atoms with E-state index in [0.29, 0.717) is 40.9 Å². The molecular weight excluding hydrogens is 350 g/mol. The van der Waals surface area contributed by atoms with Crippen molar-refractivity contribution in [2.24, 2.45) is 0 Å². The second-order valence-corrected chi connectivity index (χ2v) is 6.67. The van der Waals surface area contributed by atoms with Crippen LogP contribution in [-0.4, -0.2) is 29.9 Å². The number of hydrogen-bond donors (Lipinski definition) is 0. The predicted octanol–water partition coefficient (Wildman–Crippen LogP) is 4.37. The number of carbonyl (C=O) groups excluding carboxylic acids is 1. The molecule has 0 saturated carbocycles. The molecular formula is C18H17Cl2FN2O. The van der Waals surface area contributed by atoms with Crippen LogP contribution in [0, 0.1) is 5.82 Å². The largest absolute Gasteiger partial charge is 0.308 e. The van der Waals surface area contributed by atoms with E-state index in [9.17, 15) is 9.18 Å². The second kappa shape index (κ2) is 7.09. The first kappa shape index (κ1) is 17.2. The SMILES string of the molecule is CC1C(=O)N(c2ccc(Cl)cc2Cl)CCN1Cc1ccccc1F. The third kappa shape index (κ3) is 3.41. The summed E-state index contributed by atoms with van der Waals surface area (Å²) in [6.07, 6.45) is 0. The Morgan fingerprint density at radius 1 is 1.17 bits per heavy atom. The second-order valence-electron chi connectivity index (χ2n) is 5.82. The summed E-state index contributed by atoms with van der Waals surface area (Å²) < 4.78 is 13.8. The van der Waals surface area contributed by atoms with E-state index in [2.05, 4.69) is 0 Å². The lowest BCUT2D eigenvalue weighted by molar-refractivity contribution is -0.125. The fraction of sp³-hybridized carbons (Fsp3) is 0.278. The van der Waals surface area contributed by atoms with Gasteiger partial charge in [-0.1, -0.05) is 41.4 Å². The van der Waals surface area contributed by atoms with Crippen LogP contribution >= 0.6 is 23.2 Å². The molecule has 2 aromatic rings. The number of nitrogens with zero attached hydrogens (tertiary/aromatic N) is 2. The van der Waals surface area contributed by atoms with Crippen molar-refractivity contribution in [3.63, 3.8) is 0 Å². The Labute approximate surface area is 150 Å². The lowest BCUT2D eigenvalue weighted by Crippen LogP contribution is -2.55. The minimum absolute atomic E-state index is 0.0539. The molecule has 0 aliphatic carbocycles. The van der Waals surface area contributed by atoms with Gasteiger partial charge in [0.1, 0.15) is 5.82 Å². The fourth-order valence-electron chi connectivity index (χ4n) is 2.91. The van der Waals surface area contributed by atoms with Gasteiger partial charge in [-0.05, 0) is 31.2 Å². The predicted molar refractivity (Wildman–Crippen MR) is 95.1 cm³/mol. The zero-order valence-corrected chi connectivity index (χ0v) is 14.7. The van der Waals surface area contributed by atoms with Crippen LogP contribution in [0.5, 0.6) is 0 Å². The van der Waals surface area contributed by atoms with Crippen molar-refractivity contribution in [3.8, 4) is 0 Å². The van der Waals surface area contributed by atoms with Crippen LogP contribution in [0.2, 0.25) is 10.0 Å². The summed E-state index contributed by atoms with van der Waals surface area (Å²) in [5.41, 5.74) is 1.25. The molecule has 1 aliphatic heterocycles. The normalized spacial score (nSPS) is 18.9. The topological polar surface area (TPSA) is 23.6 Å². The maximum absolute atomic E-state index is 13.8. The van der Waals surface area contributed by atoms with E-state index in [1.807, 2.05) is 11.8 Å². The lowest BCUT2D eigenvalue weighted by atomic mass is 10.1. The minimum atomic E-state index is -0.356. The Morgan fingerprint density at radius 3 is 2.62 bits per heavy atom. The summed E-state index contributed by atoms with van der Waals surface area (Å²) >= 11 is 12.1. The van der Waals surface area contributed by atoms with E-state index in [-0.39, 0.29) is 17.8 Å². The van der Waals surface area contributed by atoms with E-state index in [0.717, 1.165) is 0 Å². The van der Waals surface area contributed by atoms with E-state index >= 15 is 0 Å². The molecule has 2 aromatic carbocycles. The number of rotatable bonds is 3. The first-order valence-corrected chi connectivity index (χ1v) is 8.47. The summed E-state index contributed by atoms with van der Waals surface area (Å²) in [6, 6.07) is 11.4. The molecule has 1 heterocycles. The number of halogens is 3. The van der Waals surface area contributed by atoms with Gasteiger partial charge < -0.3 is 4.90 Å². The monoisotopic (exact) mass is 366 g/mol. The van der Waals surface area contributed by atoms with Crippen molar-refractivity contribution in [2.45, 2.75) is 19.5 Å². The Morgan fingerprint density at radius 2 is 1.92 bits per heavy atom. The Bertz CT molecular complexity index is 768. The van der Waals surface area contributed by atoms with Crippen molar-refractivity contribution in [2.75, 3.05) is 18.0 Å². The number of hydrogen-bond acceptors (Lipinski definition) is 2. The number of anilines is 1. The molecule has 1 aliphatic rings. The van der Waals surface area contributed by atoms with Crippen LogP contribution in [0.15, 0.2) is 42.5 Å². The Balaban J connectivity index is 1.77. The van der Waals surface area contributed by atoms with Crippen LogP contribution < -0.4 is 4.90 Å². The highest BCUT2D eigenvalue weighted by molar-refractivity contribution is 6.36. The molecule has 0 radical (unpaired) electrons. The summed E-state index contributed by atoms with van der Waals surface area (Å²) in [7, 11) is 0. The standard InChI is InChI=1S/C18H17Cl2FN2O/c1-12-18(24)23(17-7-6-14(19)10-15(17)20)9-8-22(12)11-13-4-2-3-5-16(13)21/h2-7,10,12H,8-9,11H2,1H3. The third-order valence-corrected chi connectivity index (χ3v) is 4.85. The minimum Gasteiger partial charge on any atom is -0.308 e. The van der Waals surface area contributed by atoms with Crippen LogP contribution in [0.1, 0.15) is 12.5 Å². The number of benzene rings is 2. The van der Waals surface area contributed by atoms with Crippen molar-refractivity contribution >= 4 is 34.8 Å². The van der Waals surface area contributed by atoms with Crippen LogP contribution in [0.3, 0.4) is 0 Å². The molecule has 6 heteroatoms. The third-order valence-electron chi connectivity index (χ3n) is 4.31. The van der Waals surface area contributed by atoms with Gasteiger partial charge in [-0.15, -0.1) is 0 Å². The summed E-state index contributed by atoms with van der Waals surface area (Å²) in [5.74, 6) is -0.304. The van der Waals surface area contributed by atoms with Crippen LogP contribution in [0.25, 0.3) is 0 Å². The number of carbonyl (C=O) groups is 1. The molecule has 0 spiro atoms. The molecule has 1 unspecified atom stereocenters. The molecule has 1 saturated heterocycles. The zero-order valence-electron chi connectivity index (χ0n) is 13.2. The van der Waals surface area contributed by atoms with Gasteiger partial charge in [0.15, 0.2) is 0 Å². The molecule has 1 atom stereocenters. The first-order valence-electron chi connectivity index (χ1n) is 7.71. The van der Waals surface area contributed by atoms with Gasteiger partial charge in [0.05, 0.1) is 16.8 Å². The summed E-state index contributed by atoms with van der Waals surface area (Å²) in [6.45, 7) is 3.38. The van der Waals surface area contributed by atoms with Gasteiger partial charge in [-0.2, -0.15) is 0 Å². The van der Waals surface area contributed by atoms with Crippen molar-refractivity contribution in [1.29, 1.82) is 0 Å². The molecule has 3 nitrogen and oxygen atoms in total. The summed E-state index contributed by atoms with van der Waals surface area (Å²) in [4.78, 5) is 16.4. The van der Waals surface area contributed by atoms with Crippen molar-refractivity contribution < 1.29 is 9.18 Å². The van der Waals surface area contributed by atoms with Crippen LogP contribution in [0.4, 0.5) is 10.1 Å². The smallest absolute Gasteiger partial charge is 0.244 e. The van der Waals surface area contributed by atoms with E-state index in [4.69, 9.17) is 23.2 Å². The highest BCUT2D eigenvalue weighted by atomic mass is 35.5. The average Bonchev–Trinajstić information content (AvgIpc) is 2.55. The molecule has 1 amide bonds. The molecule has 0 bridgehead atoms. The Kier molecular flexibility index (Phi) is 5.09. The Hall–Kier alpha value is -1.62. The quantitative estimate of drug-likeness (QED) is 0.804. The molecule has 126 valence electrons. The van der Waals surface area contributed by atoms with Crippen LogP contribution in [-0.2, 0) is 11.3 Å². The van der Waals surface area contributed by atoms with Crippen molar-refractivity contribution in [1.82, 2.24) is 4.90 Å². The number of amides is 1. The first-order chi connectivity index (χ1) is 11.5. The molecule has 24 heavy (non-hydrogen) atoms. The van der Waals surface area contributed by atoms with Gasteiger partial charge >= 0.3 is 0 Å².